The molecule has 140 valence electrons. The maximum atomic E-state index is 13.0. The van der Waals surface area contributed by atoms with E-state index >= 15 is 0 Å². The molecule has 0 bridgehead atoms. The van der Waals surface area contributed by atoms with Crippen molar-refractivity contribution >= 4 is 22.4 Å². The minimum Gasteiger partial charge on any atom is -0.494 e. The first-order chi connectivity index (χ1) is 13.1. The maximum absolute atomic E-state index is 13.0. The Bertz CT molecular complexity index is 905. The quantitative estimate of drug-likeness (QED) is 0.581. The summed E-state index contributed by atoms with van der Waals surface area (Å²) in [5.74, 6) is 0.146. The highest BCUT2D eigenvalue weighted by molar-refractivity contribution is 7.16. The van der Waals surface area contributed by atoms with Crippen molar-refractivity contribution in [1.29, 1.82) is 0 Å². The van der Waals surface area contributed by atoms with E-state index in [0.717, 1.165) is 34.7 Å². The number of thiazole rings is 1. The van der Waals surface area contributed by atoms with Gasteiger partial charge in [0.25, 0.3) is 5.91 Å². The van der Waals surface area contributed by atoms with E-state index in [9.17, 15) is 9.18 Å². The van der Waals surface area contributed by atoms with Crippen LogP contribution in [-0.2, 0) is 6.42 Å². The molecule has 0 aliphatic carbocycles. The van der Waals surface area contributed by atoms with Gasteiger partial charge in [0.15, 0.2) is 5.13 Å². The summed E-state index contributed by atoms with van der Waals surface area (Å²) >= 11 is 1.47. The average molecular weight is 384 g/mol. The Morgan fingerprint density at radius 1 is 1.11 bits per heavy atom. The first-order valence-electron chi connectivity index (χ1n) is 8.90. The molecular formula is C21H21FN2O2S. The summed E-state index contributed by atoms with van der Waals surface area (Å²) in [6, 6.07) is 13.2. The highest BCUT2D eigenvalue weighted by atomic mass is 32.1. The van der Waals surface area contributed by atoms with E-state index in [4.69, 9.17) is 4.74 Å². The van der Waals surface area contributed by atoms with Crippen molar-refractivity contribution in [2.24, 2.45) is 0 Å². The van der Waals surface area contributed by atoms with Gasteiger partial charge in [-0.2, -0.15) is 0 Å². The highest BCUT2D eigenvalue weighted by Crippen LogP contribution is 2.33. The summed E-state index contributed by atoms with van der Waals surface area (Å²) in [5, 5.41) is 3.36. The molecule has 1 aromatic heterocycles. The zero-order valence-electron chi connectivity index (χ0n) is 15.3. The number of anilines is 1. The molecule has 2 aromatic carbocycles. The molecule has 4 nitrogen and oxygen atoms in total. The van der Waals surface area contributed by atoms with Gasteiger partial charge >= 0.3 is 0 Å². The van der Waals surface area contributed by atoms with Crippen LogP contribution in [0, 0.1) is 5.82 Å². The molecular weight excluding hydrogens is 363 g/mol. The van der Waals surface area contributed by atoms with Gasteiger partial charge < -0.3 is 4.74 Å². The summed E-state index contributed by atoms with van der Waals surface area (Å²) in [7, 11) is 0. The van der Waals surface area contributed by atoms with Crippen LogP contribution in [0.2, 0.25) is 0 Å². The predicted molar refractivity (Wildman–Crippen MR) is 107 cm³/mol. The van der Waals surface area contributed by atoms with E-state index in [-0.39, 0.29) is 11.7 Å². The summed E-state index contributed by atoms with van der Waals surface area (Å²) in [6.45, 7) is 4.68. The summed E-state index contributed by atoms with van der Waals surface area (Å²) in [4.78, 5) is 18.1. The Morgan fingerprint density at radius 2 is 1.81 bits per heavy atom. The van der Waals surface area contributed by atoms with Gasteiger partial charge in [0.2, 0.25) is 0 Å². The SMILES string of the molecule is CCCc1sc(NC(=O)c2ccc(F)cc2)nc1-c1ccc(OCC)cc1. The van der Waals surface area contributed by atoms with Crippen molar-refractivity contribution < 1.29 is 13.9 Å². The Kier molecular flexibility index (Phi) is 6.19. The number of hydrogen-bond acceptors (Lipinski definition) is 4. The minimum absolute atomic E-state index is 0.301. The van der Waals surface area contributed by atoms with Crippen LogP contribution in [0.3, 0.4) is 0 Å². The third kappa shape index (κ3) is 4.71. The number of carbonyl (C=O) groups is 1. The highest BCUT2D eigenvalue weighted by Gasteiger charge is 2.15. The van der Waals surface area contributed by atoms with Gasteiger partial charge in [-0.15, -0.1) is 11.3 Å². The maximum Gasteiger partial charge on any atom is 0.257 e. The Balaban J connectivity index is 1.84. The molecule has 27 heavy (non-hydrogen) atoms. The Hall–Kier alpha value is -2.73. The van der Waals surface area contributed by atoms with Gasteiger partial charge in [-0.05, 0) is 61.9 Å². The molecule has 0 aliphatic heterocycles. The monoisotopic (exact) mass is 384 g/mol. The second kappa shape index (κ2) is 8.77. The number of benzene rings is 2. The number of amides is 1. The summed E-state index contributed by atoms with van der Waals surface area (Å²) in [5.41, 5.74) is 2.26. The average Bonchev–Trinajstić information content (AvgIpc) is 3.06. The van der Waals surface area contributed by atoms with Crippen LogP contribution >= 0.6 is 11.3 Å². The van der Waals surface area contributed by atoms with Crippen LogP contribution in [-0.4, -0.2) is 17.5 Å². The molecule has 0 spiro atoms. The summed E-state index contributed by atoms with van der Waals surface area (Å²) in [6.07, 6.45) is 1.87. The molecule has 1 amide bonds. The number of nitrogens with zero attached hydrogens (tertiary/aromatic N) is 1. The van der Waals surface area contributed by atoms with E-state index in [1.165, 1.54) is 35.6 Å². The lowest BCUT2D eigenvalue weighted by atomic mass is 10.1. The third-order valence-electron chi connectivity index (χ3n) is 3.94. The number of carbonyl (C=O) groups excluding carboxylic acids is 1. The molecule has 0 atom stereocenters. The Labute approximate surface area is 162 Å². The normalized spacial score (nSPS) is 10.6. The molecule has 3 rings (SSSR count). The van der Waals surface area contributed by atoms with Crippen LogP contribution in [0.1, 0.15) is 35.5 Å². The lowest BCUT2D eigenvalue weighted by Crippen LogP contribution is -2.11. The molecule has 0 saturated carbocycles. The molecule has 1 heterocycles. The van der Waals surface area contributed by atoms with Crippen LogP contribution in [0.4, 0.5) is 9.52 Å². The number of hydrogen-bond donors (Lipinski definition) is 1. The fourth-order valence-electron chi connectivity index (χ4n) is 2.67. The summed E-state index contributed by atoms with van der Waals surface area (Å²) < 4.78 is 18.5. The number of aryl methyl sites for hydroxylation is 1. The van der Waals surface area contributed by atoms with E-state index in [2.05, 4.69) is 17.2 Å². The van der Waals surface area contributed by atoms with E-state index in [0.29, 0.717) is 17.3 Å². The predicted octanol–water partition coefficient (Wildman–Crippen LogP) is 5.55. The number of halogens is 1. The minimum atomic E-state index is -0.371. The van der Waals surface area contributed by atoms with E-state index in [1.807, 2.05) is 31.2 Å². The van der Waals surface area contributed by atoms with Gasteiger partial charge in [0.05, 0.1) is 12.3 Å². The number of nitrogens with one attached hydrogen (secondary N) is 1. The first kappa shape index (κ1) is 19.0. The van der Waals surface area contributed by atoms with Gasteiger partial charge in [-0.25, -0.2) is 9.37 Å². The number of aromatic nitrogens is 1. The van der Waals surface area contributed by atoms with Crippen molar-refractivity contribution in [3.8, 4) is 17.0 Å². The van der Waals surface area contributed by atoms with Gasteiger partial charge in [0.1, 0.15) is 11.6 Å². The van der Waals surface area contributed by atoms with Crippen molar-refractivity contribution in [3.05, 3.63) is 64.8 Å². The van der Waals surface area contributed by atoms with Crippen LogP contribution in [0.5, 0.6) is 5.75 Å². The zero-order valence-corrected chi connectivity index (χ0v) is 16.1. The van der Waals surface area contributed by atoms with E-state index in [1.54, 1.807) is 0 Å². The lowest BCUT2D eigenvalue weighted by molar-refractivity contribution is 0.102. The molecule has 3 aromatic rings. The molecule has 6 heteroatoms. The van der Waals surface area contributed by atoms with Gasteiger partial charge in [0, 0.05) is 16.0 Å². The fourth-order valence-corrected chi connectivity index (χ4v) is 3.75. The van der Waals surface area contributed by atoms with Crippen molar-refractivity contribution in [2.75, 3.05) is 11.9 Å². The second-order valence-electron chi connectivity index (χ2n) is 5.96. The largest absolute Gasteiger partial charge is 0.494 e. The fraction of sp³-hybridized carbons (Fsp3) is 0.238. The van der Waals surface area contributed by atoms with E-state index < -0.39 is 0 Å². The standard InChI is InChI=1S/C21H21FN2O2S/c1-3-5-18-19(14-8-12-17(13-9-14)26-4-2)23-21(27-18)24-20(25)15-6-10-16(22)11-7-15/h6-13H,3-5H2,1-2H3,(H,23,24,25). The van der Waals surface area contributed by atoms with Crippen molar-refractivity contribution in [3.63, 3.8) is 0 Å². The Morgan fingerprint density at radius 3 is 2.44 bits per heavy atom. The first-order valence-corrected chi connectivity index (χ1v) is 9.72. The number of ether oxygens (including phenoxy) is 1. The van der Waals surface area contributed by atoms with Crippen molar-refractivity contribution in [1.82, 2.24) is 4.98 Å². The molecule has 0 unspecified atom stereocenters. The number of rotatable bonds is 7. The molecule has 0 fully saturated rings. The zero-order chi connectivity index (χ0) is 19.2. The van der Waals surface area contributed by atoms with Crippen LogP contribution in [0.15, 0.2) is 48.5 Å². The second-order valence-corrected chi connectivity index (χ2v) is 7.04. The third-order valence-corrected chi connectivity index (χ3v) is 4.97. The van der Waals surface area contributed by atoms with Gasteiger partial charge in [-0.3, -0.25) is 10.1 Å². The van der Waals surface area contributed by atoms with Gasteiger partial charge in [-0.1, -0.05) is 13.3 Å². The van der Waals surface area contributed by atoms with Crippen LogP contribution < -0.4 is 10.1 Å². The molecule has 0 saturated heterocycles. The van der Waals surface area contributed by atoms with Crippen LogP contribution in [0.25, 0.3) is 11.3 Å². The molecule has 0 radical (unpaired) electrons. The smallest absolute Gasteiger partial charge is 0.257 e. The molecule has 1 N–H and O–H groups in total. The van der Waals surface area contributed by atoms with Crippen molar-refractivity contribution in [2.45, 2.75) is 26.7 Å². The molecule has 0 aliphatic rings. The topological polar surface area (TPSA) is 51.2 Å². The lowest BCUT2D eigenvalue weighted by Gasteiger charge is -2.05.